The molecule has 1 atom stereocenters. The number of rotatable bonds is 7. The molecular weight excluding hydrogens is 402 g/mol. The van der Waals surface area contributed by atoms with Crippen molar-refractivity contribution >= 4 is 11.8 Å². The van der Waals surface area contributed by atoms with Crippen LogP contribution in [0, 0.1) is 12.8 Å². The van der Waals surface area contributed by atoms with Gasteiger partial charge in [0, 0.05) is 45.2 Å². The van der Waals surface area contributed by atoms with Gasteiger partial charge in [0.05, 0.1) is 13.0 Å². The van der Waals surface area contributed by atoms with Crippen LogP contribution in [0.2, 0.25) is 0 Å². The lowest BCUT2D eigenvalue weighted by Gasteiger charge is -2.33. The number of piperidine rings is 1. The van der Waals surface area contributed by atoms with Crippen LogP contribution in [0.5, 0.6) is 5.75 Å². The number of hydrogen-bond donors (Lipinski definition) is 1. The van der Waals surface area contributed by atoms with Gasteiger partial charge in [-0.15, -0.1) is 0 Å². The predicted molar refractivity (Wildman–Crippen MR) is 124 cm³/mol. The third-order valence-electron chi connectivity index (χ3n) is 6.55. The fraction of sp³-hybridized carbons (Fsp3) is 0.462. The summed E-state index contributed by atoms with van der Waals surface area (Å²) in [5, 5.41) is 3.21. The Morgan fingerprint density at radius 1 is 1.06 bits per heavy atom. The number of methoxy groups -OCH3 is 1. The Balaban J connectivity index is 1.22. The molecule has 0 bridgehead atoms. The quantitative estimate of drug-likeness (QED) is 0.726. The van der Waals surface area contributed by atoms with Crippen molar-refractivity contribution in [3.05, 3.63) is 65.2 Å². The predicted octanol–water partition coefficient (Wildman–Crippen LogP) is 3.13. The second kappa shape index (κ2) is 10.2. The smallest absolute Gasteiger partial charge is 0.225 e. The lowest BCUT2D eigenvalue weighted by Crippen LogP contribution is -2.46. The van der Waals surface area contributed by atoms with E-state index in [1.54, 1.807) is 7.11 Å². The molecule has 2 fully saturated rings. The van der Waals surface area contributed by atoms with Crippen molar-refractivity contribution in [1.29, 1.82) is 0 Å². The van der Waals surface area contributed by atoms with Gasteiger partial charge in [0.1, 0.15) is 5.75 Å². The Hall–Kier alpha value is -2.86. The highest BCUT2D eigenvalue weighted by atomic mass is 16.5. The maximum absolute atomic E-state index is 12.8. The van der Waals surface area contributed by atoms with E-state index < -0.39 is 0 Å². The number of benzene rings is 2. The van der Waals surface area contributed by atoms with Crippen LogP contribution in [0.15, 0.2) is 48.5 Å². The summed E-state index contributed by atoms with van der Waals surface area (Å²) in [6.07, 6.45) is 2.18. The largest absolute Gasteiger partial charge is 0.497 e. The van der Waals surface area contributed by atoms with Crippen molar-refractivity contribution in [2.45, 2.75) is 45.3 Å². The molecule has 1 unspecified atom stereocenters. The number of ether oxygens (including phenoxy) is 1. The SMILES string of the molecule is COc1cccc(CN2CCC(NC(=O)C3CC(=O)N(Cc4ccc(C)cc4)C3)CC2)c1. The molecule has 0 spiro atoms. The van der Waals surface area contributed by atoms with Gasteiger partial charge in [-0.2, -0.15) is 0 Å². The Morgan fingerprint density at radius 3 is 2.53 bits per heavy atom. The van der Waals surface area contributed by atoms with Gasteiger partial charge in [0.2, 0.25) is 11.8 Å². The third kappa shape index (κ3) is 5.68. The first-order valence-electron chi connectivity index (χ1n) is 11.5. The molecule has 2 amide bonds. The molecule has 170 valence electrons. The molecule has 2 aliphatic rings. The highest BCUT2D eigenvalue weighted by Crippen LogP contribution is 2.22. The van der Waals surface area contributed by atoms with Gasteiger partial charge in [0.15, 0.2) is 0 Å². The Kier molecular flexibility index (Phi) is 7.10. The minimum absolute atomic E-state index is 0.0241. The lowest BCUT2D eigenvalue weighted by atomic mass is 10.0. The first-order chi connectivity index (χ1) is 15.5. The summed E-state index contributed by atoms with van der Waals surface area (Å²) in [6, 6.07) is 16.6. The summed E-state index contributed by atoms with van der Waals surface area (Å²) >= 11 is 0. The molecular formula is C26H33N3O3. The van der Waals surface area contributed by atoms with Crippen molar-refractivity contribution < 1.29 is 14.3 Å². The van der Waals surface area contributed by atoms with Gasteiger partial charge in [-0.25, -0.2) is 0 Å². The molecule has 2 saturated heterocycles. The van der Waals surface area contributed by atoms with Gasteiger partial charge >= 0.3 is 0 Å². The van der Waals surface area contributed by atoms with Gasteiger partial charge < -0.3 is 15.0 Å². The highest BCUT2D eigenvalue weighted by molar-refractivity contribution is 5.89. The van der Waals surface area contributed by atoms with Crippen molar-refractivity contribution in [3.8, 4) is 5.75 Å². The van der Waals surface area contributed by atoms with E-state index in [1.165, 1.54) is 11.1 Å². The zero-order valence-corrected chi connectivity index (χ0v) is 19.0. The number of amides is 2. The summed E-state index contributed by atoms with van der Waals surface area (Å²) in [5.74, 6) is 0.727. The zero-order chi connectivity index (χ0) is 22.5. The number of carbonyl (C=O) groups is 2. The van der Waals surface area contributed by atoms with Crippen molar-refractivity contribution in [2.75, 3.05) is 26.7 Å². The average Bonchev–Trinajstić information content (AvgIpc) is 3.17. The van der Waals surface area contributed by atoms with Gasteiger partial charge in [-0.1, -0.05) is 42.0 Å². The van der Waals surface area contributed by atoms with Crippen molar-refractivity contribution in [1.82, 2.24) is 15.1 Å². The van der Waals surface area contributed by atoms with Crippen molar-refractivity contribution in [3.63, 3.8) is 0 Å². The Morgan fingerprint density at radius 2 is 1.81 bits per heavy atom. The maximum Gasteiger partial charge on any atom is 0.225 e. The number of carbonyl (C=O) groups excluding carboxylic acids is 2. The summed E-state index contributed by atoms with van der Waals surface area (Å²) in [4.78, 5) is 29.5. The average molecular weight is 436 g/mol. The highest BCUT2D eigenvalue weighted by Gasteiger charge is 2.35. The zero-order valence-electron chi connectivity index (χ0n) is 19.0. The van der Waals surface area contributed by atoms with E-state index in [-0.39, 0.29) is 23.8 Å². The molecule has 6 nitrogen and oxygen atoms in total. The molecule has 4 rings (SSSR count). The molecule has 1 N–H and O–H groups in total. The lowest BCUT2D eigenvalue weighted by molar-refractivity contribution is -0.129. The summed E-state index contributed by atoms with van der Waals surface area (Å²) in [6.45, 7) is 5.92. The number of nitrogens with zero attached hydrogens (tertiary/aromatic N) is 2. The minimum atomic E-state index is -0.247. The van der Waals surface area contributed by atoms with Crippen LogP contribution in [0.3, 0.4) is 0 Å². The van der Waals surface area contributed by atoms with E-state index in [9.17, 15) is 9.59 Å². The van der Waals surface area contributed by atoms with E-state index in [1.807, 2.05) is 17.0 Å². The first kappa shape index (κ1) is 22.3. The normalized spacial score (nSPS) is 19.9. The standard InChI is InChI=1S/C26H33N3O3/c1-19-6-8-20(9-7-19)17-29-18-22(15-25(29)30)26(31)27-23-10-12-28(13-11-23)16-21-4-3-5-24(14-21)32-2/h3-9,14,22-23H,10-13,15-18H2,1-2H3,(H,27,31). The number of nitrogens with one attached hydrogen (secondary N) is 1. The fourth-order valence-corrected chi connectivity index (χ4v) is 4.60. The van der Waals surface area contributed by atoms with E-state index in [0.29, 0.717) is 19.5 Å². The number of likely N-dealkylation sites (tertiary alicyclic amines) is 2. The Labute approximate surface area is 190 Å². The van der Waals surface area contributed by atoms with Crippen LogP contribution in [0.1, 0.15) is 36.0 Å². The minimum Gasteiger partial charge on any atom is -0.497 e. The fourth-order valence-electron chi connectivity index (χ4n) is 4.60. The molecule has 0 radical (unpaired) electrons. The molecule has 2 aliphatic heterocycles. The molecule has 2 heterocycles. The molecule has 2 aromatic carbocycles. The van der Waals surface area contributed by atoms with Crippen LogP contribution in [-0.2, 0) is 22.7 Å². The molecule has 0 saturated carbocycles. The molecule has 2 aromatic rings. The summed E-state index contributed by atoms with van der Waals surface area (Å²) in [5.41, 5.74) is 3.55. The molecule has 32 heavy (non-hydrogen) atoms. The Bertz CT molecular complexity index is 936. The summed E-state index contributed by atoms with van der Waals surface area (Å²) < 4.78 is 5.31. The number of hydrogen-bond acceptors (Lipinski definition) is 4. The number of aryl methyl sites for hydroxylation is 1. The van der Waals surface area contributed by atoms with Gasteiger partial charge in [-0.05, 0) is 43.0 Å². The van der Waals surface area contributed by atoms with E-state index in [4.69, 9.17) is 4.74 Å². The van der Waals surface area contributed by atoms with Crippen LogP contribution in [0.4, 0.5) is 0 Å². The molecule has 0 aromatic heterocycles. The van der Waals surface area contributed by atoms with E-state index >= 15 is 0 Å². The van der Waals surface area contributed by atoms with Gasteiger partial charge in [0.25, 0.3) is 0 Å². The first-order valence-corrected chi connectivity index (χ1v) is 11.5. The van der Waals surface area contributed by atoms with Crippen LogP contribution in [-0.4, -0.2) is 54.4 Å². The van der Waals surface area contributed by atoms with E-state index in [2.05, 4.69) is 53.5 Å². The summed E-state index contributed by atoms with van der Waals surface area (Å²) in [7, 11) is 1.69. The maximum atomic E-state index is 12.8. The third-order valence-corrected chi connectivity index (χ3v) is 6.55. The van der Waals surface area contributed by atoms with Crippen molar-refractivity contribution in [2.24, 2.45) is 5.92 Å². The van der Waals surface area contributed by atoms with Crippen LogP contribution in [0.25, 0.3) is 0 Å². The van der Waals surface area contributed by atoms with Crippen LogP contribution < -0.4 is 10.1 Å². The second-order valence-electron chi connectivity index (χ2n) is 9.07. The van der Waals surface area contributed by atoms with Crippen LogP contribution >= 0.6 is 0 Å². The van der Waals surface area contributed by atoms with E-state index in [0.717, 1.165) is 43.8 Å². The van der Waals surface area contributed by atoms with Gasteiger partial charge in [-0.3, -0.25) is 14.5 Å². The topological polar surface area (TPSA) is 61.9 Å². The second-order valence-corrected chi connectivity index (χ2v) is 9.07. The molecule has 0 aliphatic carbocycles. The monoisotopic (exact) mass is 435 g/mol. The molecule has 6 heteroatoms.